The topological polar surface area (TPSA) is 114 Å². The number of aryl methyl sites for hydroxylation is 1. The molecule has 1 fully saturated rings. The second-order valence-corrected chi connectivity index (χ2v) is 8.93. The van der Waals surface area contributed by atoms with Crippen molar-refractivity contribution in [3.63, 3.8) is 0 Å². The highest BCUT2D eigenvalue weighted by atomic mass is 19.4. The maximum Gasteiger partial charge on any atom is 0.435 e. The Labute approximate surface area is 183 Å². The van der Waals surface area contributed by atoms with E-state index in [-0.39, 0.29) is 35.6 Å². The molecule has 0 radical (unpaired) electrons. The van der Waals surface area contributed by atoms with Crippen LogP contribution in [0.4, 0.5) is 36.4 Å². The summed E-state index contributed by atoms with van der Waals surface area (Å²) in [6.45, 7) is 6.11. The first-order chi connectivity index (χ1) is 14.9. The first-order valence-corrected chi connectivity index (χ1v) is 10.5. The minimum atomic E-state index is -4.51. The predicted molar refractivity (Wildman–Crippen MR) is 114 cm³/mol. The lowest BCUT2D eigenvalue weighted by Crippen LogP contribution is -2.50. The number of hydrogen-bond donors (Lipinski definition) is 3. The maximum atomic E-state index is 12.8. The van der Waals surface area contributed by atoms with Gasteiger partial charge in [0.2, 0.25) is 11.9 Å². The number of nitrogens with one attached hydrogen (secondary N) is 2. The van der Waals surface area contributed by atoms with E-state index in [4.69, 9.17) is 5.73 Å². The zero-order valence-corrected chi connectivity index (χ0v) is 18.4. The van der Waals surface area contributed by atoms with Gasteiger partial charge in [0.25, 0.3) is 0 Å². The zero-order valence-electron chi connectivity index (χ0n) is 18.4. The average molecular weight is 452 g/mol. The van der Waals surface area contributed by atoms with Crippen molar-refractivity contribution in [2.75, 3.05) is 28.3 Å². The van der Waals surface area contributed by atoms with Crippen molar-refractivity contribution in [1.29, 1.82) is 0 Å². The molecule has 1 aliphatic heterocycles. The number of nitrogen functional groups attached to an aromatic ring is 1. The summed E-state index contributed by atoms with van der Waals surface area (Å²) in [5.74, 6) is 1.33. The molecule has 1 aliphatic carbocycles. The molecule has 4 rings (SSSR count). The molecule has 2 aliphatic rings. The Morgan fingerprint density at radius 1 is 1.31 bits per heavy atom. The Hall–Kier alpha value is -3.05. The molecule has 0 unspecified atom stereocenters. The lowest BCUT2D eigenvalue weighted by molar-refractivity contribution is -0.141. The van der Waals surface area contributed by atoms with Crippen LogP contribution in [0.3, 0.4) is 0 Å². The number of carbonyl (C=O) groups excluding carboxylic acids is 1. The van der Waals surface area contributed by atoms with E-state index in [1.807, 2.05) is 32.7 Å². The van der Waals surface area contributed by atoms with Crippen molar-refractivity contribution in [1.82, 2.24) is 19.7 Å². The first-order valence-electron chi connectivity index (χ1n) is 10.5. The van der Waals surface area contributed by atoms with Crippen molar-refractivity contribution in [3.8, 4) is 0 Å². The molecule has 4 N–H and O–H groups in total. The number of rotatable bonds is 5. The molecule has 9 nitrogen and oxygen atoms in total. The number of nitrogens with two attached hydrogens (primary N) is 1. The number of fused-ring (bicyclic) bond motifs is 1. The normalized spacial score (nSPS) is 23.1. The molecule has 2 aromatic rings. The fourth-order valence-electron chi connectivity index (χ4n) is 4.42. The van der Waals surface area contributed by atoms with Gasteiger partial charge in [-0.15, -0.1) is 0 Å². The van der Waals surface area contributed by atoms with E-state index in [0.717, 1.165) is 18.9 Å². The third-order valence-corrected chi connectivity index (χ3v) is 6.07. The SMILES string of the molecule is Cc1nc(NC2CC(Cn3nc(C(F)(F)F)cc3N)C2)nc2c1NC(=O)[C@H](C(C)C)N2C. The van der Waals surface area contributed by atoms with Crippen LogP contribution in [0.25, 0.3) is 0 Å². The third kappa shape index (κ3) is 4.05. The quantitative estimate of drug-likeness (QED) is 0.639. The van der Waals surface area contributed by atoms with Crippen molar-refractivity contribution >= 4 is 29.2 Å². The van der Waals surface area contributed by atoms with Gasteiger partial charge in [0.1, 0.15) is 17.5 Å². The Morgan fingerprint density at radius 2 is 2.00 bits per heavy atom. The Bertz CT molecular complexity index is 1030. The molecule has 174 valence electrons. The standard InChI is InChI=1S/C20H27F3N8O/c1-9(2)16-18(32)27-15-10(3)25-19(28-17(15)30(16)4)26-12-5-11(6-12)8-31-14(24)7-13(29-31)20(21,22)23/h7,9,11-12,16H,5-6,8,24H2,1-4H3,(H,27,32)(H,25,26,28)/t11?,12?,16-/m0/s1. The highest BCUT2D eigenvalue weighted by Crippen LogP contribution is 2.36. The Balaban J connectivity index is 1.40. The van der Waals surface area contributed by atoms with Gasteiger partial charge in [-0.3, -0.25) is 4.79 Å². The summed E-state index contributed by atoms with van der Waals surface area (Å²) in [5.41, 5.74) is 5.99. The molecular weight excluding hydrogens is 425 g/mol. The zero-order chi connectivity index (χ0) is 23.4. The summed E-state index contributed by atoms with van der Waals surface area (Å²) < 4.78 is 39.6. The van der Waals surface area contributed by atoms with Gasteiger partial charge in [-0.05, 0) is 31.6 Å². The minimum Gasteiger partial charge on any atom is -0.384 e. The molecule has 1 atom stereocenters. The average Bonchev–Trinajstić information content (AvgIpc) is 3.02. The van der Waals surface area contributed by atoms with Crippen LogP contribution in [-0.4, -0.2) is 44.8 Å². The molecule has 12 heteroatoms. The van der Waals surface area contributed by atoms with Gasteiger partial charge in [0, 0.05) is 25.7 Å². The largest absolute Gasteiger partial charge is 0.435 e. The summed E-state index contributed by atoms with van der Waals surface area (Å²) >= 11 is 0. The van der Waals surface area contributed by atoms with Gasteiger partial charge in [-0.25, -0.2) is 9.67 Å². The minimum absolute atomic E-state index is 0.00664. The third-order valence-electron chi connectivity index (χ3n) is 6.07. The van der Waals surface area contributed by atoms with Gasteiger partial charge >= 0.3 is 6.18 Å². The first kappa shape index (κ1) is 22.2. The summed E-state index contributed by atoms with van der Waals surface area (Å²) in [4.78, 5) is 23.4. The highest BCUT2D eigenvalue weighted by molar-refractivity contribution is 6.03. The van der Waals surface area contributed by atoms with Crippen LogP contribution in [-0.2, 0) is 17.5 Å². The second-order valence-electron chi connectivity index (χ2n) is 8.93. The van der Waals surface area contributed by atoms with Crippen molar-refractivity contribution in [2.45, 2.75) is 58.4 Å². The molecule has 1 amide bonds. The van der Waals surface area contributed by atoms with Crippen molar-refractivity contribution in [3.05, 3.63) is 17.5 Å². The number of nitrogens with zero attached hydrogens (tertiary/aromatic N) is 5. The molecule has 2 aromatic heterocycles. The van der Waals surface area contributed by atoms with E-state index < -0.39 is 11.9 Å². The summed E-state index contributed by atoms with van der Waals surface area (Å²) in [6, 6.07) is 0.636. The molecular formula is C20H27F3N8O. The van der Waals surface area contributed by atoms with Gasteiger partial charge in [-0.2, -0.15) is 23.3 Å². The second kappa shape index (κ2) is 7.82. The van der Waals surface area contributed by atoms with Crippen LogP contribution in [0, 0.1) is 18.8 Å². The van der Waals surface area contributed by atoms with Crippen LogP contribution in [0.15, 0.2) is 6.07 Å². The number of likely N-dealkylation sites (N-methyl/N-ethyl adjacent to an activating group) is 1. The molecule has 0 aromatic carbocycles. The van der Waals surface area contributed by atoms with Crippen LogP contribution in [0.5, 0.6) is 0 Å². The number of anilines is 4. The highest BCUT2D eigenvalue weighted by Gasteiger charge is 2.37. The van der Waals surface area contributed by atoms with Gasteiger partial charge in [0.15, 0.2) is 11.5 Å². The number of halogens is 3. The van der Waals surface area contributed by atoms with E-state index in [0.29, 0.717) is 29.7 Å². The maximum absolute atomic E-state index is 12.8. The number of carbonyl (C=O) groups is 1. The fraction of sp³-hybridized carbons (Fsp3) is 0.600. The molecule has 0 spiro atoms. The lowest BCUT2D eigenvalue weighted by atomic mass is 9.80. The summed E-state index contributed by atoms with van der Waals surface area (Å²) in [6.07, 6.45) is -3.03. The van der Waals surface area contributed by atoms with E-state index in [9.17, 15) is 18.0 Å². The van der Waals surface area contributed by atoms with Crippen LogP contribution in [0.1, 0.15) is 38.1 Å². The van der Waals surface area contributed by atoms with E-state index >= 15 is 0 Å². The van der Waals surface area contributed by atoms with Crippen LogP contribution >= 0.6 is 0 Å². The monoisotopic (exact) mass is 452 g/mol. The number of amides is 1. The van der Waals surface area contributed by atoms with Crippen LogP contribution in [0.2, 0.25) is 0 Å². The van der Waals surface area contributed by atoms with Crippen LogP contribution < -0.4 is 21.3 Å². The van der Waals surface area contributed by atoms with Crippen molar-refractivity contribution < 1.29 is 18.0 Å². The van der Waals surface area contributed by atoms with Gasteiger partial charge in [-0.1, -0.05) is 13.8 Å². The molecule has 32 heavy (non-hydrogen) atoms. The molecule has 0 saturated heterocycles. The smallest absolute Gasteiger partial charge is 0.384 e. The summed E-state index contributed by atoms with van der Waals surface area (Å²) in [5, 5.41) is 9.81. The van der Waals surface area contributed by atoms with E-state index in [2.05, 4.69) is 25.7 Å². The molecule has 1 saturated carbocycles. The number of aromatic nitrogens is 4. The summed E-state index contributed by atoms with van der Waals surface area (Å²) in [7, 11) is 1.85. The molecule has 0 bridgehead atoms. The molecule has 3 heterocycles. The number of alkyl halides is 3. The lowest BCUT2D eigenvalue weighted by Gasteiger charge is -2.38. The van der Waals surface area contributed by atoms with Gasteiger partial charge in [0.05, 0.1) is 5.69 Å². The number of hydrogen-bond acceptors (Lipinski definition) is 7. The van der Waals surface area contributed by atoms with E-state index in [1.165, 1.54) is 4.68 Å². The van der Waals surface area contributed by atoms with Gasteiger partial charge < -0.3 is 21.3 Å². The van der Waals surface area contributed by atoms with E-state index in [1.54, 1.807) is 0 Å². The predicted octanol–water partition coefficient (Wildman–Crippen LogP) is 2.89. The Morgan fingerprint density at radius 3 is 2.59 bits per heavy atom. The fourth-order valence-corrected chi connectivity index (χ4v) is 4.42. The van der Waals surface area contributed by atoms with Crippen molar-refractivity contribution in [2.24, 2.45) is 11.8 Å². The Kier molecular flexibility index (Phi) is 5.41.